The molecule has 0 spiro atoms. The minimum Gasteiger partial charge on any atom is -1.00 e. The predicted octanol–water partition coefficient (Wildman–Crippen LogP) is -2.76. The molecular formula is CH6AgIKO3S. The van der Waals surface area contributed by atoms with Crippen LogP contribution < -0.4 is 51.4 Å². The zero-order valence-corrected chi connectivity index (χ0v) is 12.1. The summed E-state index contributed by atoms with van der Waals surface area (Å²) in [5.41, 5.74) is 0. The Hall–Kier alpha value is 3.02. The maximum Gasteiger partial charge on any atom is 1.00 e. The topological polar surface area (TPSA) is 54.4 Å². The van der Waals surface area contributed by atoms with Crippen molar-refractivity contribution in [2.24, 2.45) is 0 Å². The molecule has 1 N–H and O–H groups in total. The number of hydrogen-bond donors (Lipinski definition) is 1. The van der Waals surface area contributed by atoms with Gasteiger partial charge in [-0.1, -0.05) is 0 Å². The van der Waals surface area contributed by atoms with Crippen molar-refractivity contribution in [2.45, 2.75) is 0 Å². The molecule has 0 atom stereocenters. The molecule has 0 heterocycles. The first kappa shape index (κ1) is 22.5. The quantitative estimate of drug-likeness (QED) is 0.285. The van der Waals surface area contributed by atoms with E-state index in [2.05, 4.69) is 0 Å². The second-order valence-corrected chi connectivity index (χ2v) is 2.20. The largest absolute Gasteiger partial charge is 1.00 e. The molecule has 0 saturated heterocycles. The number of halogens is 1. The van der Waals surface area contributed by atoms with Crippen LogP contribution in [0.4, 0.5) is 0 Å². The zero-order valence-electron chi connectivity index (χ0n) is 5.38. The second-order valence-electron chi connectivity index (χ2n) is 0.733. The van der Waals surface area contributed by atoms with Crippen molar-refractivity contribution in [1.82, 2.24) is 0 Å². The number of hydrogen-bond acceptors (Lipinski definition) is 2. The summed E-state index contributed by atoms with van der Waals surface area (Å²) < 4.78 is 25.9. The van der Waals surface area contributed by atoms with E-state index in [1.54, 1.807) is 0 Å². The van der Waals surface area contributed by atoms with Crippen LogP contribution in [0.3, 0.4) is 0 Å². The first-order chi connectivity index (χ1) is 2.00. The normalized spacial score (nSPS) is 7.25. The van der Waals surface area contributed by atoms with Gasteiger partial charge in [-0.05, 0) is 0 Å². The molecule has 53 valence electrons. The Morgan fingerprint density at radius 2 is 1.50 bits per heavy atom. The fraction of sp³-hybridized carbons (Fsp3) is 1.00. The third kappa shape index (κ3) is 63.7. The SMILES string of the molecule is CS(=O)(=O)O.I.[Ag].[H-].[K+]. The fourth-order valence-electron chi connectivity index (χ4n) is 0. The maximum absolute atomic E-state index is 9.19. The molecule has 3 nitrogen and oxygen atoms in total. The van der Waals surface area contributed by atoms with Crippen molar-refractivity contribution in [3.63, 3.8) is 0 Å². The first-order valence-corrected chi connectivity index (χ1v) is 2.77. The van der Waals surface area contributed by atoms with E-state index in [1.165, 1.54) is 0 Å². The molecule has 0 saturated carbocycles. The predicted molar refractivity (Wildman–Crippen MR) is 34.0 cm³/mol. The van der Waals surface area contributed by atoms with Crippen LogP contribution in [0.2, 0.25) is 0 Å². The van der Waals surface area contributed by atoms with Crippen molar-refractivity contribution in [3.8, 4) is 0 Å². The van der Waals surface area contributed by atoms with Crippen molar-refractivity contribution in [2.75, 3.05) is 6.26 Å². The van der Waals surface area contributed by atoms with E-state index in [4.69, 9.17) is 4.55 Å². The van der Waals surface area contributed by atoms with Crippen LogP contribution in [-0.4, -0.2) is 19.2 Å². The standard InChI is InChI=1S/CH4O3S.Ag.HI.K.H/c1-5(2,3)4;;;;/h1H3,(H,2,3,4);;1H;;/q;;;+1;-1. The van der Waals surface area contributed by atoms with E-state index in [1.807, 2.05) is 0 Å². The minimum absolute atomic E-state index is 0. The van der Waals surface area contributed by atoms with Gasteiger partial charge < -0.3 is 1.43 Å². The molecule has 0 unspecified atom stereocenters. The van der Waals surface area contributed by atoms with E-state index >= 15 is 0 Å². The van der Waals surface area contributed by atoms with E-state index in [9.17, 15) is 8.42 Å². The molecule has 0 bridgehead atoms. The zero-order chi connectivity index (χ0) is 4.50. The van der Waals surface area contributed by atoms with E-state index in [-0.39, 0.29) is 99.2 Å². The van der Waals surface area contributed by atoms with Gasteiger partial charge in [0.2, 0.25) is 0 Å². The van der Waals surface area contributed by atoms with E-state index in [0.29, 0.717) is 6.26 Å². The van der Waals surface area contributed by atoms with Crippen LogP contribution in [0.5, 0.6) is 0 Å². The van der Waals surface area contributed by atoms with E-state index < -0.39 is 10.1 Å². The molecule has 0 aliphatic rings. The second kappa shape index (κ2) is 10.0. The van der Waals surface area contributed by atoms with Crippen LogP contribution in [0.25, 0.3) is 0 Å². The van der Waals surface area contributed by atoms with Crippen molar-refractivity contribution >= 4 is 34.1 Å². The Labute approximate surface area is 126 Å². The smallest absolute Gasteiger partial charge is 1.00 e. The van der Waals surface area contributed by atoms with Crippen molar-refractivity contribution in [1.29, 1.82) is 0 Å². The molecule has 0 fully saturated rings. The summed E-state index contributed by atoms with van der Waals surface area (Å²) in [6, 6.07) is 0. The molecule has 0 aromatic carbocycles. The monoisotopic (exact) mass is 371 g/mol. The molecular weight excluding hydrogens is 366 g/mol. The molecule has 0 aromatic rings. The molecule has 8 heavy (non-hydrogen) atoms. The van der Waals surface area contributed by atoms with E-state index in [0.717, 1.165) is 0 Å². The molecule has 0 aliphatic carbocycles. The van der Waals surface area contributed by atoms with Gasteiger partial charge in [-0.25, -0.2) is 0 Å². The minimum atomic E-state index is -3.67. The van der Waals surface area contributed by atoms with Gasteiger partial charge >= 0.3 is 51.4 Å². The summed E-state index contributed by atoms with van der Waals surface area (Å²) in [6.07, 6.45) is 0.715. The van der Waals surface area contributed by atoms with Gasteiger partial charge in [-0.3, -0.25) is 4.55 Å². The van der Waals surface area contributed by atoms with Crippen LogP contribution in [-0.2, 0) is 32.5 Å². The molecule has 0 aromatic heterocycles. The van der Waals surface area contributed by atoms with Crippen LogP contribution in [0, 0.1) is 0 Å². The first-order valence-electron chi connectivity index (χ1n) is 0.924. The Morgan fingerprint density at radius 1 is 1.50 bits per heavy atom. The summed E-state index contributed by atoms with van der Waals surface area (Å²) >= 11 is 0. The maximum atomic E-state index is 9.19. The van der Waals surface area contributed by atoms with Gasteiger partial charge in [0.1, 0.15) is 0 Å². The van der Waals surface area contributed by atoms with Crippen molar-refractivity contribution in [3.05, 3.63) is 0 Å². The number of rotatable bonds is 0. The van der Waals surface area contributed by atoms with Crippen LogP contribution >= 0.6 is 24.0 Å². The molecule has 1 radical (unpaired) electrons. The Kier molecular flexibility index (Phi) is 28.1. The summed E-state index contributed by atoms with van der Waals surface area (Å²) in [4.78, 5) is 0. The van der Waals surface area contributed by atoms with Gasteiger partial charge in [0.25, 0.3) is 10.1 Å². The van der Waals surface area contributed by atoms with Gasteiger partial charge in [-0.15, -0.1) is 24.0 Å². The average Bonchev–Trinajstić information content (AvgIpc) is 0.722. The third-order valence-electron chi connectivity index (χ3n) is 0. The fourth-order valence-corrected chi connectivity index (χ4v) is 0. The van der Waals surface area contributed by atoms with Gasteiger partial charge in [0, 0.05) is 22.4 Å². The van der Waals surface area contributed by atoms with Crippen LogP contribution in [0.15, 0.2) is 0 Å². The van der Waals surface area contributed by atoms with Gasteiger partial charge in [-0.2, -0.15) is 8.42 Å². The summed E-state index contributed by atoms with van der Waals surface area (Å²) in [6.45, 7) is 0. The molecule has 7 heteroatoms. The third-order valence-corrected chi connectivity index (χ3v) is 0. The van der Waals surface area contributed by atoms with Gasteiger partial charge in [0.05, 0.1) is 6.26 Å². The van der Waals surface area contributed by atoms with Gasteiger partial charge in [0.15, 0.2) is 0 Å². The average molecular weight is 372 g/mol. The molecule has 0 rings (SSSR count). The van der Waals surface area contributed by atoms with Crippen molar-refractivity contribution < 1.29 is 88.2 Å². The summed E-state index contributed by atoms with van der Waals surface area (Å²) in [7, 11) is -3.67. The van der Waals surface area contributed by atoms with Crippen LogP contribution in [0.1, 0.15) is 1.43 Å². The Balaban J connectivity index is -0.0000000133. The molecule has 0 aliphatic heterocycles. The Morgan fingerprint density at radius 3 is 1.50 bits per heavy atom. The summed E-state index contributed by atoms with van der Waals surface area (Å²) in [5, 5.41) is 0. The Bertz CT molecular complexity index is 107. The molecule has 0 amide bonds. The summed E-state index contributed by atoms with van der Waals surface area (Å²) in [5.74, 6) is 0.